The molecule has 1 aliphatic rings. The van der Waals surface area contributed by atoms with Crippen molar-refractivity contribution in [2.24, 2.45) is 0 Å². The summed E-state index contributed by atoms with van der Waals surface area (Å²) in [4.78, 5) is 13.8. The number of ether oxygens (including phenoxy) is 1. The van der Waals surface area contributed by atoms with Crippen LogP contribution < -0.4 is 4.90 Å². The second-order valence-electron chi connectivity index (χ2n) is 8.51. The Labute approximate surface area is 206 Å². The Balaban J connectivity index is 2.23. The fourth-order valence-electron chi connectivity index (χ4n) is 4.39. The smallest absolute Gasteiger partial charge is 0.416 e. The number of fused-ring (bicyclic) bond motifs is 1. The van der Waals surface area contributed by atoms with E-state index in [4.69, 9.17) is 4.74 Å². The summed E-state index contributed by atoms with van der Waals surface area (Å²) in [6, 6.07) is 2.80. The van der Waals surface area contributed by atoms with Crippen molar-refractivity contribution in [2.45, 2.75) is 57.2 Å². The van der Waals surface area contributed by atoms with Crippen molar-refractivity contribution in [3.63, 3.8) is 0 Å². The predicted octanol–water partition coefficient (Wildman–Crippen LogP) is 8.69. The Bertz CT molecular complexity index is 1150. The van der Waals surface area contributed by atoms with Crippen molar-refractivity contribution in [3.8, 4) is 0 Å². The van der Waals surface area contributed by atoms with E-state index < -0.39 is 58.8 Å². The van der Waals surface area contributed by atoms with E-state index in [9.17, 15) is 44.3 Å². The van der Waals surface area contributed by atoms with Gasteiger partial charge in [-0.3, -0.25) is 4.90 Å². The van der Waals surface area contributed by atoms with Gasteiger partial charge in [0.2, 0.25) is 0 Å². The number of nitrogens with zero attached hydrogens (tertiary/aromatic N) is 1. The van der Waals surface area contributed by atoms with Gasteiger partial charge in [0.1, 0.15) is 0 Å². The monoisotopic (exact) mass is 539 g/mol. The summed E-state index contributed by atoms with van der Waals surface area (Å²) in [6.45, 7) is 6.90. The molecule has 1 heterocycles. The van der Waals surface area contributed by atoms with Crippen LogP contribution >= 0.6 is 0 Å². The second kappa shape index (κ2) is 9.94. The molecule has 3 rings (SSSR count). The van der Waals surface area contributed by atoms with E-state index in [1.54, 1.807) is 6.92 Å². The van der Waals surface area contributed by atoms with Gasteiger partial charge in [-0.1, -0.05) is 13.5 Å². The SMILES string of the molecule is C=C(c1cc(C(F)(F)F)cc(C(F)(F)F)c1)C1CC(CC)N(C(=O)OCC)c2ccc(C(F)(F)F)cc21. The second-order valence-corrected chi connectivity index (χ2v) is 8.51. The van der Waals surface area contributed by atoms with Gasteiger partial charge in [-0.25, -0.2) is 4.79 Å². The van der Waals surface area contributed by atoms with E-state index >= 15 is 0 Å². The number of rotatable bonds is 4. The van der Waals surface area contributed by atoms with E-state index in [2.05, 4.69) is 6.58 Å². The molecule has 2 unspecified atom stereocenters. The van der Waals surface area contributed by atoms with Crippen molar-refractivity contribution in [2.75, 3.05) is 11.5 Å². The van der Waals surface area contributed by atoms with E-state index in [1.807, 2.05) is 0 Å². The molecule has 0 radical (unpaired) electrons. The first-order valence-corrected chi connectivity index (χ1v) is 11.1. The van der Waals surface area contributed by atoms with E-state index in [-0.39, 0.29) is 42.3 Å². The molecule has 3 nitrogen and oxygen atoms in total. The zero-order valence-electron chi connectivity index (χ0n) is 19.6. The van der Waals surface area contributed by atoms with Gasteiger partial charge >= 0.3 is 24.6 Å². The van der Waals surface area contributed by atoms with E-state index in [0.717, 1.165) is 23.1 Å². The number of benzene rings is 2. The number of hydrogen-bond acceptors (Lipinski definition) is 2. The summed E-state index contributed by atoms with van der Waals surface area (Å²) in [5.41, 5.74) is -5.09. The van der Waals surface area contributed by atoms with Crippen LogP contribution in [-0.4, -0.2) is 18.7 Å². The van der Waals surface area contributed by atoms with Crippen molar-refractivity contribution < 1.29 is 49.0 Å². The lowest BCUT2D eigenvalue weighted by Crippen LogP contribution is -2.45. The fourth-order valence-corrected chi connectivity index (χ4v) is 4.39. The minimum absolute atomic E-state index is 0.0127. The normalized spacial score (nSPS) is 18.4. The molecule has 37 heavy (non-hydrogen) atoms. The molecule has 0 saturated carbocycles. The molecule has 0 N–H and O–H groups in total. The van der Waals surface area contributed by atoms with Gasteiger partial charge in [-0.15, -0.1) is 0 Å². The molecule has 0 fully saturated rings. The van der Waals surface area contributed by atoms with Crippen molar-refractivity contribution >= 4 is 17.4 Å². The lowest BCUT2D eigenvalue weighted by atomic mass is 9.77. The molecule has 0 aromatic heterocycles. The fraction of sp³-hybridized carbons (Fsp3) is 0.400. The van der Waals surface area contributed by atoms with Crippen molar-refractivity contribution in [3.05, 3.63) is 70.8 Å². The summed E-state index contributed by atoms with van der Waals surface area (Å²) in [6.07, 6.45) is -15.7. The van der Waals surface area contributed by atoms with Gasteiger partial charge in [0.05, 0.1) is 29.0 Å². The van der Waals surface area contributed by atoms with Crippen LogP contribution in [0.1, 0.15) is 60.4 Å². The Morgan fingerprint density at radius 1 is 0.892 bits per heavy atom. The highest BCUT2D eigenvalue weighted by atomic mass is 19.4. The zero-order chi connectivity index (χ0) is 27.9. The number of carbonyl (C=O) groups is 1. The zero-order valence-corrected chi connectivity index (χ0v) is 19.6. The number of anilines is 1. The van der Waals surface area contributed by atoms with Crippen LogP contribution in [0, 0.1) is 0 Å². The Hall–Kier alpha value is -3.18. The first-order chi connectivity index (χ1) is 17.0. The van der Waals surface area contributed by atoms with Gasteiger partial charge in [-0.2, -0.15) is 39.5 Å². The van der Waals surface area contributed by atoms with Gasteiger partial charge in [-0.05, 0) is 72.9 Å². The third-order valence-corrected chi connectivity index (χ3v) is 6.18. The average molecular weight is 539 g/mol. The molecule has 12 heteroatoms. The average Bonchev–Trinajstić information content (AvgIpc) is 2.80. The van der Waals surface area contributed by atoms with Gasteiger partial charge in [0.25, 0.3) is 0 Å². The first-order valence-electron chi connectivity index (χ1n) is 11.1. The largest absolute Gasteiger partial charge is 0.449 e. The first kappa shape index (κ1) is 28.4. The minimum Gasteiger partial charge on any atom is -0.449 e. The molecule has 0 aliphatic carbocycles. The van der Waals surface area contributed by atoms with Crippen LogP contribution in [0.2, 0.25) is 0 Å². The molecule has 2 atom stereocenters. The van der Waals surface area contributed by atoms with Gasteiger partial charge in [0.15, 0.2) is 0 Å². The molecular weight excluding hydrogens is 517 g/mol. The third kappa shape index (κ3) is 5.88. The summed E-state index contributed by atoms with van der Waals surface area (Å²) in [7, 11) is 0. The molecule has 2 aromatic carbocycles. The van der Waals surface area contributed by atoms with E-state index in [1.165, 1.54) is 6.92 Å². The maximum atomic E-state index is 13.5. The van der Waals surface area contributed by atoms with Crippen molar-refractivity contribution in [1.29, 1.82) is 0 Å². The quantitative estimate of drug-likeness (QED) is 0.364. The molecular formula is C25H22F9NO2. The Morgan fingerprint density at radius 3 is 1.89 bits per heavy atom. The van der Waals surface area contributed by atoms with Gasteiger partial charge < -0.3 is 4.74 Å². The number of hydrogen-bond donors (Lipinski definition) is 0. The molecule has 0 spiro atoms. The summed E-state index contributed by atoms with van der Waals surface area (Å²) >= 11 is 0. The van der Waals surface area contributed by atoms with Crippen LogP contribution in [0.3, 0.4) is 0 Å². The maximum absolute atomic E-state index is 13.5. The molecule has 0 bridgehead atoms. The molecule has 2 aromatic rings. The van der Waals surface area contributed by atoms with E-state index in [0.29, 0.717) is 12.1 Å². The lowest BCUT2D eigenvalue weighted by molar-refractivity contribution is -0.143. The number of allylic oxidation sites excluding steroid dienone is 1. The van der Waals surface area contributed by atoms with Gasteiger partial charge in [0, 0.05) is 12.0 Å². The summed E-state index contributed by atoms with van der Waals surface area (Å²) < 4.78 is 126. The van der Waals surface area contributed by atoms with Crippen LogP contribution in [-0.2, 0) is 23.3 Å². The number of amides is 1. The number of alkyl halides is 9. The van der Waals surface area contributed by atoms with Crippen LogP contribution in [0.25, 0.3) is 5.57 Å². The summed E-state index contributed by atoms with van der Waals surface area (Å²) in [5.74, 6) is -1.11. The molecule has 202 valence electrons. The van der Waals surface area contributed by atoms with Crippen LogP contribution in [0.5, 0.6) is 0 Å². The van der Waals surface area contributed by atoms with Crippen LogP contribution in [0.4, 0.5) is 50.0 Å². The Kier molecular flexibility index (Phi) is 7.63. The maximum Gasteiger partial charge on any atom is 0.416 e. The summed E-state index contributed by atoms with van der Waals surface area (Å²) in [5, 5.41) is 0. The lowest BCUT2D eigenvalue weighted by Gasteiger charge is -2.41. The standard InChI is InChI=1S/C25H22F9NO2/c1-4-18-12-19(13(3)14-8-16(24(29,30)31)10-17(9-14)25(32,33)34)20-11-15(23(26,27)28)6-7-21(20)35(18)22(36)37-5-2/h6-11,18-19H,3-5,12H2,1-2H3. The predicted molar refractivity (Wildman–Crippen MR) is 118 cm³/mol. The molecule has 0 saturated heterocycles. The molecule has 1 amide bonds. The molecule has 1 aliphatic heterocycles. The number of halogens is 9. The number of carbonyl (C=O) groups excluding carboxylic acids is 1. The van der Waals surface area contributed by atoms with Crippen molar-refractivity contribution in [1.82, 2.24) is 0 Å². The topological polar surface area (TPSA) is 29.5 Å². The Morgan fingerprint density at radius 2 is 1.43 bits per heavy atom. The minimum atomic E-state index is -5.11. The third-order valence-electron chi connectivity index (χ3n) is 6.18. The highest BCUT2D eigenvalue weighted by molar-refractivity contribution is 5.92. The highest BCUT2D eigenvalue weighted by Crippen LogP contribution is 2.48. The highest BCUT2D eigenvalue weighted by Gasteiger charge is 2.41. The van der Waals surface area contributed by atoms with Crippen LogP contribution in [0.15, 0.2) is 43.0 Å².